The first-order chi connectivity index (χ1) is 8.61. The quantitative estimate of drug-likeness (QED) is 0.906. The summed E-state index contributed by atoms with van der Waals surface area (Å²) in [5.41, 5.74) is 7.86. The van der Waals surface area contributed by atoms with Gasteiger partial charge < -0.3 is 14.9 Å². The van der Waals surface area contributed by atoms with Gasteiger partial charge in [-0.2, -0.15) is 0 Å². The molecule has 1 heterocycles. The van der Waals surface area contributed by atoms with Crippen LogP contribution >= 0.6 is 0 Å². The summed E-state index contributed by atoms with van der Waals surface area (Å²) in [7, 11) is 1.44. The van der Waals surface area contributed by atoms with Crippen LogP contribution < -0.4 is 10.5 Å². The number of benzene rings is 1. The van der Waals surface area contributed by atoms with Crippen LogP contribution in [0.2, 0.25) is 0 Å². The average molecular weight is 249 g/mol. The third-order valence-electron chi connectivity index (χ3n) is 2.97. The molecule has 2 rings (SSSR count). The molecule has 1 aromatic heterocycles. The van der Waals surface area contributed by atoms with Crippen molar-refractivity contribution < 1.29 is 13.5 Å². The molecule has 0 amide bonds. The van der Waals surface area contributed by atoms with E-state index in [1.807, 2.05) is 19.1 Å². The van der Waals surface area contributed by atoms with E-state index in [0.29, 0.717) is 6.42 Å². The van der Waals surface area contributed by atoms with Gasteiger partial charge in [0.05, 0.1) is 13.4 Å². The van der Waals surface area contributed by atoms with E-state index in [4.69, 9.17) is 14.9 Å². The van der Waals surface area contributed by atoms with Crippen LogP contribution in [0.1, 0.15) is 22.9 Å². The summed E-state index contributed by atoms with van der Waals surface area (Å²) in [4.78, 5) is 0. The van der Waals surface area contributed by atoms with Gasteiger partial charge in [-0.3, -0.25) is 0 Å². The fraction of sp³-hybridized carbons (Fsp3) is 0.286. The zero-order valence-corrected chi connectivity index (χ0v) is 10.4. The summed E-state index contributed by atoms with van der Waals surface area (Å²) in [6.45, 7) is 1.86. The lowest BCUT2D eigenvalue weighted by Gasteiger charge is -2.11. The molecule has 0 spiro atoms. The van der Waals surface area contributed by atoms with Crippen LogP contribution in [0.3, 0.4) is 0 Å². The number of halogens is 1. The van der Waals surface area contributed by atoms with Crippen LogP contribution in [0.5, 0.6) is 5.75 Å². The van der Waals surface area contributed by atoms with E-state index in [-0.39, 0.29) is 17.6 Å². The Balaban J connectivity index is 2.15. The zero-order chi connectivity index (χ0) is 13.1. The molecule has 1 unspecified atom stereocenters. The van der Waals surface area contributed by atoms with Gasteiger partial charge in [0, 0.05) is 11.6 Å². The molecule has 0 saturated carbocycles. The number of nitrogens with two attached hydrogens (primary N) is 1. The Labute approximate surface area is 105 Å². The fourth-order valence-electron chi connectivity index (χ4n) is 1.98. The maximum Gasteiger partial charge on any atom is 0.165 e. The maximum atomic E-state index is 13.5. The Morgan fingerprint density at radius 2 is 2.17 bits per heavy atom. The molecule has 0 saturated heterocycles. The molecule has 3 nitrogen and oxygen atoms in total. The van der Waals surface area contributed by atoms with Crippen LogP contribution in [0, 0.1) is 12.7 Å². The smallest absolute Gasteiger partial charge is 0.165 e. The lowest BCUT2D eigenvalue weighted by Crippen LogP contribution is -2.13. The van der Waals surface area contributed by atoms with Crippen molar-refractivity contribution >= 4 is 0 Å². The standard InChI is InChI=1S/C14H16FNO2/c1-9-11(5-6-18-9)13(16)8-10-3-4-14(17-2)12(15)7-10/h3-7,13H,8,16H2,1-2H3. The Morgan fingerprint density at radius 3 is 2.72 bits per heavy atom. The van der Waals surface area contributed by atoms with Gasteiger partial charge in [0.1, 0.15) is 5.76 Å². The van der Waals surface area contributed by atoms with E-state index >= 15 is 0 Å². The van der Waals surface area contributed by atoms with Crippen molar-refractivity contribution in [3.63, 3.8) is 0 Å². The molecule has 2 N–H and O–H groups in total. The van der Waals surface area contributed by atoms with E-state index < -0.39 is 0 Å². The molecule has 0 aliphatic heterocycles. The number of aryl methyl sites for hydroxylation is 1. The number of hydrogen-bond donors (Lipinski definition) is 1. The minimum Gasteiger partial charge on any atom is -0.494 e. The Kier molecular flexibility index (Phi) is 3.67. The predicted octanol–water partition coefficient (Wildman–Crippen LogP) is 2.98. The summed E-state index contributed by atoms with van der Waals surface area (Å²) in [6, 6.07) is 6.53. The fourth-order valence-corrected chi connectivity index (χ4v) is 1.98. The number of hydrogen-bond acceptors (Lipinski definition) is 3. The predicted molar refractivity (Wildman–Crippen MR) is 67.0 cm³/mol. The van der Waals surface area contributed by atoms with Crippen molar-refractivity contribution in [2.75, 3.05) is 7.11 Å². The zero-order valence-electron chi connectivity index (χ0n) is 10.4. The SMILES string of the molecule is COc1ccc(CC(N)c2ccoc2C)cc1F. The van der Waals surface area contributed by atoms with Crippen LogP contribution in [0.4, 0.5) is 4.39 Å². The molecular weight excluding hydrogens is 233 g/mol. The summed E-state index contributed by atoms with van der Waals surface area (Å²) < 4.78 is 23.6. The van der Waals surface area contributed by atoms with Crippen LogP contribution in [0.15, 0.2) is 34.9 Å². The van der Waals surface area contributed by atoms with E-state index in [0.717, 1.165) is 16.9 Å². The van der Waals surface area contributed by atoms with Gasteiger partial charge in [0.25, 0.3) is 0 Å². The molecule has 1 atom stereocenters. The molecule has 0 radical (unpaired) electrons. The summed E-state index contributed by atoms with van der Waals surface area (Å²) in [5.74, 6) is 0.675. The Bertz CT molecular complexity index is 536. The van der Waals surface area contributed by atoms with E-state index in [9.17, 15) is 4.39 Å². The Morgan fingerprint density at radius 1 is 1.39 bits per heavy atom. The van der Waals surface area contributed by atoms with Gasteiger partial charge in [0.2, 0.25) is 0 Å². The minimum atomic E-state index is -0.369. The number of ether oxygens (including phenoxy) is 1. The first-order valence-electron chi connectivity index (χ1n) is 5.74. The number of furan rings is 1. The minimum absolute atomic E-state index is 0.198. The summed E-state index contributed by atoms with van der Waals surface area (Å²) in [5, 5.41) is 0. The van der Waals surface area contributed by atoms with Gasteiger partial charge in [-0.1, -0.05) is 6.07 Å². The first kappa shape index (κ1) is 12.6. The molecule has 0 bridgehead atoms. The van der Waals surface area contributed by atoms with E-state index in [1.54, 1.807) is 12.3 Å². The lowest BCUT2D eigenvalue weighted by molar-refractivity contribution is 0.386. The molecule has 0 aliphatic carbocycles. The van der Waals surface area contributed by atoms with Crippen LogP contribution in [-0.4, -0.2) is 7.11 Å². The molecule has 18 heavy (non-hydrogen) atoms. The molecule has 1 aromatic carbocycles. The highest BCUT2D eigenvalue weighted by molar-refractivity contribution is 5.31. The van der Waals surface area contributed by atoms with Crippen molar-refractivity contribution in [3.05, 3.63) is 53.2 Å². The van der Waals surface area contributed by atoms with E-state index in [2.05, 4.69) is 0 Å². The number of methoxy groups -OCH3 is 1. The van der Waals surface area contributed by atoms with Gasteiger partial charge >= 0.3 is 0 Å². The van der Waals surface area contributed by atoms with E-state index in [1.165, 1.54) is 13.2 Å². The molecule has 0 fully saturated rings. The molecule has 4 heteroatoms. The molecule has 2 aromatic rings. The second kappa shape index (κ2) is 5.23. The normalized spacial score (nSPS) is 12.4. The van der Waals surface area contributed by atoms with Gasteiger partial charge in [0.15, 0.2) is 11.6 Å². The summed E-state index contributed by atoms with van der Waals surface area (Å²) >= 11 is 0. The van der Waals surface area contributed by atoms with Crippen molar-refractivity contribution in [3.8, 4) is 5.75 Å². The average Bonchev–Trinajstić information content (AvgIpc) is 2.76. The third-order valence-corrected chi connectivity index (χ3v) is 2.97. The van der Waals surface area contributed by atoms with Crippen molar-refractivity contribution in [2.45, 2.75) is 19.4 Å². The second-order valence-corrected chi connectivity index (χ2v) is 4.21. The third kappa shape index (κ3) is 2.54. The van der Waals surface area contributed by atoms with Crippen molar-refractivity contribution in [1.82, 2.24) is 0 Å². The highest BCUT2D eigenvalue weighted by atomic mass is 19.1. The topological polar surface area (TPSA) is 48.4 Å². The Hall–Kier alpha value is -1.81. The maximum absolute atomic E-state index is 13.5. The van der Waals surface area contributed by atoms with Crippen molar-refractivity contribution in [1.29, 1.82) is 0 Å². The molecule has 0 aliphatic rings. The lowest BCUT2D eigenvalue weighted by atomic mass is 10.00. The highest BCUT2D eigenvalue weighted by Gasteiger charge is 2.13. The van der Waals surface area contributed by atoms with Crippen LogP contribution in [-0.2, 0) is 6.42 Å². The van der Waals surface area contributed by atoms with Crippen molar-refractivity contribution in [2.24, 2.45) is 5.73 Å². The molecule has 96 valence electrons. The van der Waals surface area contributed by atoms with Crippen LogP contribution in [0.25, 0.3) is 0 Å². The van der Waals surface area contributed by atoms with Gasteiger partial charge in [-0.05, 0) is 37.1 Å². The number of rotatable bonds is 4. The van der Waals surface area contributed by atoms with Gasteiger partial charge in [-0.15, -0.1) is 0 Å². The highest BCUT2D eigenvalue weighted by Crippen LogP contribution is 2.23. The largest absolute Gasteiger partial charge is 0.494 e. The summed E-state index contributed by atoms with van der Waals surface area (Å²) in [6.07, 6.45) is 2.17. The first-order valence-corrected chi connectivity index (χ1v) is 5.74. The molecular formula is C14H16FNO2. The monoisotopic (exact) mass is 249 g/mol. The second-order valence-electron chi connectivity index (χ2n) is 4.21. The van der Waals surface area contributed by atoms with Gasteiger partial charge in [-0.25, -0.2) is 4.39 Å².